The fourth-order valence-electron chi connectivity index (χ4n) is 2.57. The third-order valence-corrected chi connectivity index (χ3v) is 3.68. The second kappa shape index (κ2) is 8.82. The van der Waals surface area contributed by atoms with Gasteiger partial charge in [-0.3, -0.25) is 0 Å². The van der Waals surface area contributed by atoms with Crippen LogP contribution in [0.4, 0.5) is 0 Å². The first kappa shape index (κ1) is 16.0. The summed E-state index contributed by atoms with van der Waals surface area (Å²) in [6.07, 6.45) is 5.59. The maximum Gasteiger partial charge on any atom is 0.0701 e. The van der Waals surface area contributed by atoms with Crippen LogP contribution in [0.15, 0.2) is 30.5 Å². The van der Waals surface area contributed by atoms with Crippen molar-refractivity contribution >= 4 is 10.9 Å². The average molecular weight is 290 g/mol. The lowest BCUT2D eigenvalue weighted by atomic mass is 10.1. The lowest BCUT2D eigenvalue weighted by Gasteiger charge is -2.06. The highest BCUT2D eigenvalue weighted by molar-refractivity contribution is 5.83. The van der Waals surface area contributed by atoms with Crippen molar-refractivity contribution in [3.05, 3.63) is 36.0 Å². The molecule has 0 amide bonds. The first-order valence-electron chi connectivity index (χ1n) is 7.70. The zero-order chi connectivity index (χ0) is 14.9. The maximum atomic E-state index is 5.58. The Bertz CT molecular complexity index is 537. The van der Waals surface area contributed by atoms with E-state index in [4.69, 9.17) is 15.2 Å². The molecule has 2 aromatic rings. The van der Waals surface area contributed by atoms with Crippen molar-refractivity contribution in [3.63, 3.8) is 0 Å². The Morgan fingerprint density at radius 3 is 2.76 bits per heavy atom. The number of aromatic nitrogens is 1. The second-order valence-corrected chi connectivity index (χ2v) is 5.22. The summed E-state index contributed by atoms with van der Waals surface area (Å²) in [5.74, 6) is 0. The zero-order valence-corrected chi connectivity index (χ0v) is 12.9. The highest BCUT2D eigenvalue weighted by Crippen LogP contribution is 2.22. The number of aryl methyl sites for hydroxylation is 1. The third kappa shape index (κ3) is 4.56. The number of fused-ring (bicyclic) bond motifs is 1. The first-order chi connectivity index (χ1) is 10.4. The molecule has 116 valence electrons. The van der Waals surface area contributed by atoms with Gasteiger partial charge in [0.2, 0.25) is 0 Å². The minimum atomic E-state index is 0.650. The summed E-state index contributed by atoms with van der Waals surface area (Å²) in [6.45, 7) is 3.66. The molecule has 0 fully saturated rings. The number of benzene rings is 1. The molecule has 0 aliphatic heterocycles. The van der Waals surface area contributed by atoms with E-state index in [9.17, 15) is 0 Å². The Kier molecular flexibility index (Phi) is 6.73. The van der Waals surface area contributed by atoms with Crippen LogP contribution in [0.2, 0.25) is 0 Å². The maximum absolute atomic E-state index is 5.58. The summed E-state index contributed by atoms with van der Waals surface area (Å²) in [4.78, 5) is 0. The fourth-order valence-corrected chi connectivity index (χ4v) is 2.57. The van der Waals surface area contributed by atoms with Gasteiger partial charge >= 0.3 is 0 Å². The van der Waals surface area contributed by atoms with Gasteiger partial charge in [0, 0.05) is 30.8 Å². The van der Waals surface area contributed by atoms with Crippen LogP contribution in [-0.2, 0) is 22.4 Å². The molecule has 0 unspecified atom stereocenters. The number of nitrogens with zero attached hydrogens (tertiary/aromatic N) is 1. The van der Waals surface area contributed by atoms with Gasteiger partial charge in [-0.15, -0.1) is 0 Å². The van der Waals surface area contributed by atoms with Crippen molar-refractivity contribution in [2.24, 2.45) is 5.73 Å². The van der Waals surface area contributed by atoms with Crippen LogP contribution in [0.25, 0.3) is 10.9 Å². The Hall–Kier alpha value is -1.36. The summed E-state index contributed by atoms with van der Waals surface area (Å²) >= 11 is 0. The quantitative estimate of drug-likeness (QED) is 0.684. The van der Waals surface area contributed by atoms with Crippen molar-refractivity contribution in [1.29, 1.82) is 0 Å². The molecule has 0 spiro atoms. The van der Waals surface area contributed by atoms with Gasteiger partial charge in [0.15, 0.2) is 0 Å². The molecule has 2 N–H and O–H groups in total. The van der Waals surface area contributed by atoms with E-state index in [1.54, 1.807) is 7.11 Å². The summed E-state index contributed by atoms with van der Waals surface area (Å²) in [5, 5.41) is 1.35. The Morgan fingerprint density at radius 1 is 1.10 bits per heavy atom. The molecule has 0 saturated heterocycles. The van der Waals surface area contributed by atoms with E-state index >= 15 is 0 Å². The minimum absolute atomic E-state index is 0.650. The number of rotatable bonds is 10. The van der Waals surface area contributed by atoms with Gasteiger partial charge in [0.1, 0.15) is 0 Å². The van der Waals surface area contributed by atoms with Crippen molar-refractivity contribution < 1.29 is 9.47 Å². The number of hydrogen-bond acceptors (Lipinski definition) is 3. The third-order valence-electron chi connectivity index (χ3n) is 3.68. The molecule has 1 aromatic carbocycles. The fraction of sp³-hybridized carbons (Fsp3) is 0.529. The summed E-state index contributed by atoms with van der Waals surface area (Å²) < 4.78 is 12.8. The standard InChI is InChI=1S/C17H26N2O2/c1-20-12-13-21-11-10-19-14-15(6-4-5-9-18)16-7-2-3-8-17(16)19/h2-3,7-8,14H,4-6,9-13,18H2,1H3. The van der Waals surface area contributed by atoms with Gasteiger partial charge in [0.05, 0.1) is 19.8 Å². The molecular weight excluding hydrogens is 264 g/mol. The molecule has 4 nitrogen and oxygen atoms in total. The molecule has 0 atom stereocenters. The van der Waals surface area contributed by atoms with Gasteiger partial charge < -0.3 is 19.8 Å². The van der Waals surface area contributed by atoms with Gasteiger partial charge in [-0.1, -0.05) is 18.2 Å². The molecule has 0 radical (unpaired) electrons. The number of methoxy groups -OCH3 is 1. The van der Waals surface area contributed by atoms with E-state index in [-0.39, 0.29) is 0 Å². The lowest BCUT2D eigenvalue weighted by molar-refractivity contribution is 0.0670. The van der Waals surface area contributed by atoms with E-state index < -0.39 is 0 Å². The number of para-hydroxylation sites is 1. The minimum Gasteiger partial charge on any atom is -0.382 e. The van der Waals surface area contributed by atoms with Crippen molar-refractivity contribution in [1.82, 2.24) is 4.57 Å². The van der Waals surface area contributed by atoms with E-state index in [2.05, 4.69) is 35.0 Å². The van der Waals surface area contributed by atoms with Crippen LogP contribution < -0.4 is 5.73 Å². The normalized spacial score (nSPS) is 11.3. The predicted molar refractivity (Wildman–Crippen MR) is 86.6 cm³/mol. The monoisotopic (exact) mass is 290 g/mol. The molecule has 21 heavy (non-hydrogen) atoms. The Labute approximate surface area is 126 Å². The number of unbranched alkanes of at least 4 members (excludes halogenated alkanes) is 1. The van der Waals surface area contributed by atoms with Crippen molar-refractivity contribution in [2.75, 3.05) is 33.5 Å². The van der Waals surface area contributed by atoms with E-state index in [0.29, 0.717) is 19.8 Å². The van der Waals surface area contributed by atoms with Crippen LogP contribution in [0, 0.1) is 0 Å². The zero-order valence-electron chi connectivity index (χ0n) is 12.9. The number of ether oxygens (including phenoxy) is 2. The van der Waals surface area contributed by atoms with Gasteiger partial charge in [-0.25, -0.2) is 0 Å². The summed E-state index contributed by atoms with van der Waals surface area (Å²) in [5.41, 5.74) is 8.28. The van der Waals surface area contributed by atoms with E-state index in [1.807, 2.05) is 0 Å². The van der Waals surface area contributed by atoms with Crippen molar-refractivity contribution in [3.8, 4) is 0 Å². The molecule has 1 aromatic heterocycles. The average Bonchev–Trinajstić information content (AvgIpc) is 2.86. The first-order valence-corrected chi connectivity index (χ1v) is 7.70. The topological polar surface area (TPSA) is 49.4 Å². The van der Waals surface area contributed by atoms with Gasteiger partial charge in [-0.05, 0) is 37.4 Å². The van der Waals surface area contributed by atoms with Gasteiger partial charge in [-0.2, -0.15) is 0 Å². The van der Waals surface area contributed by atoms with Crippen LogP contribution >= 0.6 is 0 Å². The largest absolute Gasteiger partial charge is 0.382 e. The van der Waals surface area contributed by atoms with Gasteiger partial charge in [0.25, 0.3) is 0 Å². The number of nitrogens with two attached hydrogens (primary N) is 1. The van der Waals surface area contributed by atoms with Crippen molar-refractivity contribution in [2.45, 2.75) is 25.8 Å². The highest BCUT2D eigenvalue weighted by Gasteiger charge is 2.07. The molecular formula is C17H26N2O2. The highest BCUT2D eigenvalue weighted by atomic mass is 16.5. The molecule has 0 bridgehead atoms. The molecule has 2 rings (SSSR count). The second-order valence-electron chi connectivity index (χ2n) is 5.22. The molecule has 4 heteroatoms. The van der Waals surface area contributed by atoms with Crippen LogP contribution in [-0.4, -0.2) is 38.0 Å². The molecule has 0 saturated carbocycles. The smallest absolute Gasteiger partial charge is 0.0701 e. The van der Waals surface area contributed by atoms with Crippen LogP contribution in [0.5, 0.6) is 0 Å². The molecule has 1 heterocycles. The lowest BCUT2D eigenvalue weighted by Crippen LogP contribution is -2.08. The number of hydrogen-bond donors (Lipinski definition) is 1. The summed E-state index contributed by atoms with van der Waals surface area (Å²) in [6, 6.07) is 8.58. The Morgan fingerprint density at radius 2 is 1.95 bits per heavy atom. The Balaban J connectivity index is 2.01. The molecule has 0 aliphatic rings. The van der Waals surface area contributed by atoms with Crippen LogP contribution in [0.1, 0.15) is 18.4 Å². The summed E-state index contributed by atoms with van der Waals surface area (Å²) in [7, 11) is 1.69. The van der Waals surface area contributed by atoms with Crippen LogP contribution in [0.3, 0.4) is 0 Å². The van der Waals surface area contributed by atoms with E-state index in [1.165, 1.54) is 16.5 Å². The molecule has 0 aliphatic carbocycles. The predicted octanol–water partition coefficient (Wildman–Crippen LogP) is 2.59. The SMILES string of the molecule is COCCOCCn1cc(CCCCN)c2ccccc21. The van der Waals surface area contributed by atoms with E-state index in [0.717, 1.165) is 32.4 Å².